The van der Waals surface area contributed by atoms with Crippen LogP contribution in [-0.4, -0.2) is 40.0 Å². The molecular weight excluding hydrogens is 260 g/mol. The van der Waals surface area contributed by atoms with Gasteiger partial charge in [-0.15, -0.1) is 11.3 Å². The van der Waals surface area contributed by atoms with Crippen LogP contribution in [0.5, 0.6) is 0 Å². The van der Waals surface area contributed by atoms with Crippen LogP contribution >= 0.6 is 11.3 Å². The molecule has 19 heavy (non-hydrogen) atoms. The highest BCUT2D eigenvalue weighted by atomic mass is 32.1. The maximum atomic E-state index is 12.1. The zero-order chi connectivity index (χ0) is 13.4. The molecule has 1 fully saturated rings. The quantitative estimate of drug-likeness (QED) is 0.885. The second-order valence-corrected chi connectivity index (χ2v) is 6.01. The lowest BCUT2D eigenvalue weighted by Crippen LogP contribution is -2.48. The Morgan fingerprint density at radius 2 is 2.42 bits per heavy atom. The van der Waals surface area contributed by atoms with E-state index < -0.39 is 0 Å². The summed E-state index contributed by atoms with van der Waals surface area (Å²) in [5, 5.41) is 5.39. The lowest BCUT2D eigenvalue weighted by atomic mass is 10.2. The fraction of sp³-hybridized carbons (Fsp3) is 0.538. The fourth-order valence-electron chi connectivity index (χ4n) is 2.57. The Hall–Kier alpha value is -1.24. The van der Waals surface area contributed by atoms with Crippen molar-refractivity contribution in [1.82, 2.24) is 19.6 Å². The van der Waals surface area contributed by atoms with Crippen LogP contribution in [0.1, 0.15) is 18.3 Å². The summed E-state index contributed by atoms with van der Waals surface area (Å²) in [6, 6.07) is 2.17. The van der Waals surface area contributed by atoms with Crippen LogP contribution in [0.2, 0.25) is 0 Å². The summed E-state index contributed by atoms with van der Waals surface area (Å²) in [7, 11) is 0. The van der Waals surface area contributed by atoms with E-state index in [-0.39, 0.29) is 5.56 Å². The molecule has 5 nitrogen and oxygen atoms in total. The molecule has 1 saturated heterocycles. The highest BCUT2D eigenvalue weighted by Crippen LogP contribution is 2.12. The minimum absolute atomic E-state index is 0.0296. The third kappa shape index (κ3) is 2.56. The van der Waals surface area contributed by atoms with Gasteiger partial charge in [-0.25, -0.2) is 4.98 Å². The van der Waals surface area contributed by atoms with Crippen LogP contribution in [0, 0.1) is 6.92 Å². The predicted molar refractivity (Wildman–Crippen MR) is 76.8 cm³/mol. The van der Waals surface area contributed by atoms with Crippen molar-refractivity contribution in [2.75, 3.05) is 19.6 Å². The van der Waals surface area contributed by atoms with Crippen molar-refractivity contribution in [3.05, 3.63) is 33.2 Å². The molecule has 0 aliphatic carbocycles. The van der Waals surface area contributed by atoms with Crippen molar-refractivity contribution in [2.24, 2.45) is 0 Å². The number of rotatable bonds is 2. The summed E-state index contributed by atoms with van der Waals surface area (Å²) in [4.78, 5) is 19.8. The van der Waals surface area contributed by atoms with Gasteiger partial charge >= 0.3 is 0 Å². The normalized spacial score (nSPS) is 21.1. The topological polar surface area (TPSA) is 49.6 Å². The summed E-state index contributed by atoms with van der Waals surface area (Å²) in [5.74, 6) is 0. The molecule has 2 aromatic rings. The van der Waals surface area contributed by atoms with Crippen molar-refractivity contribution in [3.63, 3.8) is 0 Å². The summed E-state index contributed by atoms with van der Waals surface area (Å²) < 4.78 is 1.68. The molecule has 0 radical (unpaired) electrons. The van der Waals surface area contributed by atoms with Crippen molar-refractivity contribution in [2.45, 2.75) is 26.4 Å². The second-order valence-electron chi connectivity index (χ2n) is 5.17. The van der Waals surface area contributed by atoms with E-state index in [1.54, 1.807) is 10.5 Å². The summed E-state index contributed by atoms with van der Waals surface area (Å²) in [6.45, 7) is 7.89. The van der Waals surface area contributed by atoms with Gasteiger partial charge in [0.25, 0.3) is 5.56 Å². The Morgan fingerprint density at radius 3 is 3.21 bits per heavy atom. The van der Waals surface area contributed by atoms with E-state index in [2.05, 4.69) is 22.1 Å². The lowest BCUT2D eigenvalue weighted by molar-refractivity contribution is 0.197. The molecule has 2 aromatic heterocycles. The molecule has 6 heteroatoms. The number of thiazole rings is 1. The molecule has 0 bridgehead atoms. The third-order valence-corrected chi connectivity index (χ3v) is 4.41. The first-order valence-corrected chi connectivity index (χ1v) is 7.44. The first-order valence-electron chi connectivity index (χ1n) is 6.56. The molecule has 1 aliphatic rings. The smallest absolute Gasteiger partial charge is 0.259 e. The van der Waals surface area contributed by atoms with Crippen LogP contribution in [0.4, 0.5) is 0 Å². The van der Waals surface area contributed by atoms with Crippen LogP contribution in [0.25, 0.3) is 4.96 Å². The maximum absolute atomic E-state index is 12.1. The van der Waals surface area contributed by atoms with E-state index >= 15 is 0 Å². The molecule has 102 valence electrons. The highest BCUT2D eigenvalue weighted by molar-refractivity contribution is 7.15. The van der Waals surface area contributed by atoms with Crippen molar-refractivity contribution >= 4 is 16.3 Å². The average Bonchev–Trinajstić information content (AvgIpc) is 2.71. The van der Waals surface area contributed by atoms with Gasteiger partial charge in [0.1, 0.15) is 0 Å². The Labute approximate surface area is 115 Å². The number of fused-ring (bicyclic) bond motifs is 1. The fourth-order valence-corrected chi connectivity index (χ4v) is 3.46. The molecule has 1 atom stereocenters. The van der Waals surface area contributed by atoms with Gasteiger partial charge < -0.3 is 5.32 Å². The molecule has 0 amide bonds. The standard InChI is InChI=1S/C13H18N4OS/c1-9-6-16(4-3-14-9)7-11-5-12(18)17-10(2)8-19-13(17)15-11/h5,8-9,14H,3-4,6-7H2,1-2H3/t9-/m1/s1. The van der Waals surface area contributed by atoms with Gasteiger partial charge in [0.05, 0.1) is 5.69 Å². The average molecular weight is 278 g/mol. The number of hydrogen-bond donors (Lipinski definition) is 1. The third-order valence-electron chi connectivity index (χ3n) is 3.47. The maximum Gasteiger partial charge on any atom is 0.259 e. The second kappa shape index (κ2) is 5.03. The number of nitrogens with zero attached hydrogens (tertiary/aromatic N) is 3. The Balaban J connectivity index is 1.87. The number of piperazine rings is 1. The largest absolute Gasteiger partial charge is 0.312 e. The molecule has 1 N–H and O–H groups in total. The minimum atomic E-state index is 0.0296. The van der Waals surface area contributed by atoms with E-state index in [4.69, 9.17) is 0 Å². The SMILES string of the molecule is Cc1csc2nc(CN3CCN[C@H](C)C3)cc(=O)n12. The van der Waals surface area contributed by atoms with E-state index in [9.17, 15) is 4.79 Å². The number of hydrogen-bond acceptors (Lipinski definition) is 5. The number of nitrogens with one attached hydrogen (secondary N) is 1. The molecule has 0 spiro atoms. The Bertz CT molecular complexity index is 648. The summed E-state index contributed by atoms with van der Waals surface area (Å²) in [6.07, 6.45) is 0. The van der Waals surface area contributed by atoms with Gasteiger partial charge in [0.2, 0.25) is 0 Å². The molecule has 1 aliphatic heterocycles. The van der Waals surface area contributed by atoms with E-state index in [0.717, 1.165) is 42.5 Å². The molecule has 3 rings (SSSR count). The zero-order valence-electron chi connectivity index (χ0n) is 11.2. The molecule has 0 aromatic carbocycles. The minimum Gasteiger partial charge on any atom is -0.312 e. The van der Waals surface area contributed by atoms with Gasteiger partial charge in [-0.05, 0) is 13.8 Å². The van der Waals surface area contributed by atoms with Gasteiger partial charge in [0, 0.05) is 49.4 Å². The Morgan fingerprint density at radius 1 is 1.58 bits per heavy atom. The van der Waals surface area contributed by atoms with Gasteiger partial charge in [0.15, 0.2) is 4.96 Å². The van der Waals surface area contributed by atoms with E-state index in [0.29, 0.717) is 6.04 Å². The highest BCUT2D eigenvalue weighted by Gasteiger charge is 2.17. The van der Waals surface area contributed by atoms with Gasteiger partial charge in [-0.1, -0.05) is 0 Å². The lowest BCUT2D eigenvalue weighted by Gasteiger charge is -2.31. The van der Waals surface area contributed by atoms with Crippen LogP contribution in [0.15, 0.2) is 16.2 Å². The monoisotopic (exact) mass is 278 g/mol. The molecular formula is C13H18N4OS. The van der Waals surface area contributed by atoms with Crippen molar-refractivity contribution in [1.29, 1.82) is 0 Å². The molecule has 0 unspecified atom stereocenters. The summed E-state index contributed by atoms with van der Waals surface area (Å²) in [5.41, 5.74) is 1.86. The van der Waals surface area contributed by atoms with Gasteiger partial charge in [-0.3, -0.25) is 14.1 Å². The number of aromatic nitrogens is 2. The summed E-state index contributed by atoms with van der Waals surface area (Å²) >= 11 is 1.53. The molecule has 3 heterocycles. The van der Waals surface area contributed by atoms with Crippen LogP contribution in [0.3, 0.4) is 0 Å². The van der Waals surface area contributed by atoms with Crippen LogP contribution in [-0.2, 0) is 6.54 Å². The number of aryl methyl sites for hydroxylation is 1. The first kappa shape index (κ1) is 12.8. The van der Waals surface area contributed by atoms with E-state index in [1.165, 1.54) is 11.3 Å². The Kier molecular flexibility index (Phi) is 3.38. The predicted octanol–water partition coefficient (Wildman–Crippen LogP) is 0.858. The zero-order valence-corrected chi connectivity index (χ0v) is 12.0. The van der Waals surface area contributed by atoms with Gasteiger partial charge in [-0.2, -0.15) is 0 Å². The van der Waals surface area contributed by atoms with Crippen molar-refractivity contribution < 1.29 is 0 Å². The van der Waals surface area contributed by atoms with Crippen LogP contribution < -0.4 is 10.9 Å². The van der Waals surface area contributed by atoms with E-state index in [1.807, 2.05) is 12.3 Å². The molecule has 0 saturated carbocycles. The first-order chi connectivity index (χ1) is 9.13. The van der Waals surface area contributed by atoms with Crippen molar-refractivity contribution in [3.8, 4) is 0 Å².